The molecular formula is C20H22FN5O. The number of nitrogens with zero attached hydrogens (tertiary/aromatic N) is 5. The van der Waals surface area contributed by atoms with Gasteiger partial charge >= 0.3 is 0 Å². The van der Waals surface area contributed by atoms with Gasteiger partial charge in [-0.1, -0.05) is 12.1 Å². The third-order valence-corrected chi connectivity index (χ3v) is 4.86. The second kappa shape index (κ2) is 7.84. The van der Waals surface area contributed by atoms with Gasteiger partial charge in [-0.2, -0.15) is 0 Å². The summed E-state index contributed by atoms with van der Waals surface area (Å²) in [5.41, 5.74) is 1.70. The van der Waals surface area contributed by atoms with Crippen molar-refractivity contribution in [2.75, 3.05) is 26.2 Å². The van der Waals surface area contributed by atoms with E-state index >= 15 is 0 Å². The number of hydrogen-bond donors (Lipinski definition) is 0. The maximum Gasteiger partial charge on any atom is 0.233 e. The van der Waals surface area contributed by atoms with Crippen molar-refractivity contribution in [3.05, 3.63) is 66.0 Å². The fourth-order valence-electron chi connectivity index (χ4n) is 3.50. The number of carbonyl (C=O) groups is 1. The summed E-state index contributed by atoms with van der Waals surface area (Å²) in [7, 11) is 0. The first kappa shape index (κ1) is 17.6. The Morgan fingerprint density at radius 1 is 1.15 bits per heavy atom. The summed E-state index contributed by atoms with van der Waals surface area (Å²) in [6.45, 7) is 3.88. The van der Waals surface area contributed by atoms with E-state index in [9.17, 15) is 9.18 Å². The third kappa shape index (κ3) is 4.31. The molecule has 0 atom stereocenters. The van der Waals surface area contributed by atoms with Crippen LogP contribution in [0.1, 0.15) is 17.7 Å². The molecule has 1 aliphatic heterocycles. The lowest BCUT2D eigenvalue weighted by molar-refractivity contribution is -0.130. The van der Waals surface area contributed by atoms with Crippen LogP contribution in [-0.4, -0.2) is 56.3 Å². The molecular weight excluding hydrogens is 345 g/mol. The molecule has 1 aromatic carbocycles. The standard InChI is InChI=1S/C20H22FN5O/c21-17-5-1-4-16(12-17)13-19(27)25-9-3-7-24(10-11-25)14-18-15-26-8-2-6-22-20(26)23-18/h1-2,4-6,8,12,15H,3,7,9-11,13-14H2. The van der Waals surface area contributed by atoms with Gasteiger partial charge in [0.25, 0.3) is 0 Å². The second-order valence-electron chi connectivity index (χ2n) is 6.88. The Balaban J connectivity index is 1.35. The molecule has 1 fully saturated rings. The molecule has 1 saturated heterocycles. The van der Waals surface area contributed by atoms with Gasteiger partial charge in [0, 0.05) is 51.3 Å². The fraction of sp³-hybridized carbons (Fsp3) is 0.350. The zero-order valence-corrected chi connectivity index (χ0v) is 15.1. The number of imidazole rings is 1. The van der Waals surface area contributed by atoms with Crippen molar-refractivity contribution in [2.45, 2.75) is 19.4 Å². The average Bonchev–Trinajstić information content (AvgIpc) is 2.91. The minimum atomic E-state index is -0.302. The van der Waals surface area contributed by atoms with Crippen molar-refractivity contribution in [1.29, 1.82) is 0 Å². The largest absolute Gasteiger partial charge is 0.341 e. The SMILES string of the molecule is O=C(Cc1cccc(F)c1)N1CCCN(Cc2cn3cccnc3n2)CC1. The first-order valence-electron chi connectivity index (χ1n) is 9.20. The van der Waals surface area contributed by atoms with E-state index in [2.05, 4.69) is 14.9 Å². The van der Waals surface area contributed by atoms with Crippen LogP contribution >= 0.6 is 0 Å². The van der Waals surface area contributed by atoms with Crippen LogP contribution in [0, 0.1) is 5.82 Å². The molecule has 0 spiro atoms. The molecule has 0 unspecified atom stereocenters. The van der Waals surface area contributed by atoms with Crippen molar-refractivity contribution in [1.82, 2.24) is 24.2 Å². The monoisotopic (exact) mass is 367 g/mol. The predicted molar refractivity (Wildman–Crippen MR) is 99.6 cm³/mol. The highest BCUT2D eigenvalue weighted by molar-refractivity contribution is 5.78. The number of amides is 1. The maximum absolute atomic E-state index is 13.3. The molecule has 2 aromatic heterocycles. The lowest BCUT2D eigenvalue weighted by atomic mass is 10.1. The van der Waals surface area contributed by atoms with Gasteiger partial charge in [-0.25, -0.2) is 14.4 Å². The number of benzene rings is 1. The van der Waals surface area contributed by atoms with E-state index in [0.29, 0.717) is 12.3 Å². The number of fused-ring (bicyclic) bond motifs is 1. The van der Waals surface area contributed by atoms with E-state index in [1.165, 1.54) is 12.1 Å². The van der Waals surface area contributed by atoms with E-state index in [0.717, 1.165) is 43.9 Å². The molecule has 6 nitrogen and oxygen atoms in total. The summed E-state index contributed by atoms with van der Waals surface area (Å²) >= 11 is 0. The number of carbonyl (C=O) groups excluding carboxylic acids is 1. The number of aromatic nitrogens is 3. The average molecular weight is 367 g/mol. The molecule has 0 radical (unpaired) electrons. The summed E-state index contributed by atoms with van der Waals surface area (Å²) < 4.78 is 15.2. The van der Waals surface area contributed by atoms with Crippen LogP contribution in [0.5, 0.6) is 0 Å². The van der Waals surface area contributed by atoms with Crippen LogP contribution < -0.4 is 0 Å². The Labute approximate surface area is 157 Å². The highest BCUT2D eigenvalue weighted by atomic mass is 19.1. The van der Waals surface area contributed by atoms with Crippen LogP contribution in [0.2, 0.25) is 0 Å². The lowest BCUT2D eigenvalue weighted by Gasteiger charge is -2.21. The van der Waals surface area contributed by atoms with E-state index in [1.807, 2.05) is 27.8 Å². The molecule has 0 bridgehead atoms. The molecule has 1 amide bonds. The summed E-state index contributed by atoms with van der Waals surface area (Å²) in [6, 6.07) is 8.15. The Morgan fingerprint density at radius 2 is 2.07 bits per heavy atom. The minimum Gasteiger partial charge on any atom is -0.341 e. The minimum absolute atomic E-state index is 0.0550. The molecule has 7 heteroatoms. The van der Waals surface area contributed by atoms with Crippen LogP contribution in [0.25, 0.3) is 5.78 Å². The van der Waals surface area contributed by atoms with Gasteiger partial charge in [0.1, 0.15) is 5.82 Å². The molecule has 0 aliphatic carbocycles. The smallest absolute Gasteiger partial charge is 0.233 e. The van der Waals surface area contributed by atoms with Gasteiger partial charge in [0.15, 0.2) is 0 Å². The van der Waals surface area contributed by atoms with Gasteiger partial charge in [0.2, 0.25) is 11.7 Å². The summed E-state index contributed by atoms with van der Waals surface area (Å²) in [6.07, 6.45) is 6.84. The molecule has 4 rings (SSSR count). The Kier molecular flexibility index (Phi) is 5.11. The zero-order chi connectivity index (χ0) is 18.6. The first-order chi connectivity index (χ1) is 13.2. The summed E-state index contributed by atoms with van der Waals surface area (Å²) in [4.78, 5) is 25.6. The van der Waals surface area contributed by atoms with Crippen molar-refractivity contribution >= 4 is 11.7 Å². The topological polar surface area (TPSA) is 53.7 Å². The Hall–Kier alpha value is -2.80. The third-order valence-electron chi connectivity index (χ3n) is 4.86. The highest BCUT2D eigenvalue weighted by Gasteiger charge is 2.20. The molecule has 0 saturated carbocycles. The van der Waals surface area contributed by atoms with Gasteiger partial charge in [-0.3, -0.25) is 14.1 Å². The number of hydrogen-bond acceptors (Lipinski definition) is 4. The number of halogens is 1. The van der Waals surface area contributed by atoms with E-state index in [1.54, 1.807) is 18.3 Å². The molecule has 27 heavy (non-hydrogen) atoms. The van der Waals surface area contributed by atoms with E-state index in [-0.39, 0.29) is 18.1 Å². The van der Waals surface area contributed by atoms with Crippen LogP contribution in [0.4, 0.5) is 4.39 Å². The molecule has 3 heterocycles. The first-order valence-corrected chi connectivity index (χ1v) is 9.20. The maximum atomic E-state index is 13.3. The quantitative estimate of drug-likeness (QED) is 0.709. The predicted octanol–water partition coefficient (Wildman–Crippen LogP) is 2.15. The van der Waals surface area contributed by atoms with Gasteiger partial charge in [-0.05, 0) is 30.2 Å². The van der Waals surface area contributed by atoms with Crippen molar-refractivity contribution in [3.63, 3.8) is 0 Å². The van der Waals surface area contributed by atoms with Crippen molar-refractivity contribution in [3.8, 4) is 0 Å². The zero-order valence-electron chi connectivity index (χ0n) is 15.1. The van der Waals surface area contributed by atoms with Crippen LogP contribution in [0.3, 0.4) is 0 Å². The highest BCUT2D eigenvalue weighted by Crippen LogP contribution is 2.12. The molecule has 3 aromatic rings. The van der Waals surface area contributed by atoms with Crippen LogP contribution in [-0.2, 0) is 17.8 Å². The molecule has 0 N–H and O–H groups in total. The summed E-state index contributed by atoms with van der Waals surface area (Å²) in [5, 5.41) is 0. The Morgan fingerprint density at radius 3 is 2.93 bits per heavy atom. The summed E-state index contributed by atoms with van der Waals surface area (Å²) in [5.74, 6) is 0.456. The van der Waals surface area contributed by atoms with Gasteiger partial charge in [-0.15, -0.1) is 0 Å². The van der Waals surface area contributed by atoms with Gasteiger partial charge in [0.05, 0.1) is 12.1 Å². The van der Waals surface area contributed by atoms with E-state index in [4.69, 9.17) is 0 Å². The molecule has 1 aliphatic rings. The fourth-order valence-corrected chi connectivity index (χ4v) is 3.50. The molecule has 140 valence electrons. The van der Waals surface area contributed by atoms with Crippen LogP contribution in [0.15, 0.2) is 48.9 Å². The van der Waals surface area contributed by atoms with Crippen molar-refractivity contribution < 1.29 is 9.18 Å². The second-order valence-corrected chi connectivity index (χ2v) is 6.88. The van der Waals surface area contributed by atoms with Crippen molar-refractivity contribution in [2.24, 2.45) is 0 Å². The van der Waals surface area contributed by atoms with E-state index < -0.39 is 0 Å². The number of rotatable bonds is 4. The van der Waals surface area contributed by atoms with Gasteiger partial charge < -0.3 is 4.90 Å². The lowest BCUT2D eigenvalue weighted by Crippen LogP contribution is -2.36. The Bertz CT molecular complexity index is 908. The normalized spacial score (nSPS) is 15.8.